The van der Waals surface area contributed by atoms with Gasteiger partial charge in [0, 0.05) is 5.41 Å². The Morgan fingerprint density at radius 1 is 1.27 bits per heavy atom. The molecule has 0 aromatic heterocycles. The first-order valence-corrected chi connectivity index (χ1v) is 8.84. The Morgan fingerprint density at radius 2 is 2.00 bits per heavy atom. The molecule has 3 aliphatic rings. The van der Waals surface area contributed by atoms with Crippen molar-refractivity contribution in [2.24, 2.45) is 28.1 Å². The van der Waals surface area contributed by atoms with Crippen LogP contribution in [0.2, 0.25) is 0 Å². The van der Waals surface area contributed by atoms with E-state index >= 15 is 0 Å². The van der Waals surface area contributed by atoms with Crippen LogP contribution in [0.3, 0.4) is 0 Å². The summed E-state index contributed by atoms with van der Waals surface area (Å²) in [6.07, 6.45) is 12.1. The number of fused-ring (bicyclic) bond motifs is 3. The first kappa shape index (κ1) is 15.8. The average Bonchev–Trinajstić information content (AvgIpc) is 2.46. The van der Waals surface area contributed by atoms with Gasteiger partial charge in [0.15, 0.2) is 0 Å². The van der Waals surface area contributed by atoms with E-state index in [1.807, 2.05) is 6.92 Å². The second-order valence-electron chi connectivity index (χ2n) is 8.69. The second kappa shape index (κ2) is 4.97. The Hall–Kier alpha value is -1.05. The molecule has 22 heavy (non-hydrogen) atoms. The third-order valence-corrected chi connectivity index (χ3v) is 7.38. The van der Waals surface area contributed by atoms with Crippen molar-refractivity contribution >= 4 is 5.97 Å². The van der Waals surface area contributed by atoms with E-state index < -0.39 is 11.4 Å². The summed E-state index contributed by atoms with van der Waals surface area (Å²) < 4.78 is 0. The molecule has 1 N–H and O–H groups in total. The van der Waals surface area contributed by atoms with Gasteiger partial charge in [0.2, 0.25) is 0 Å². The first-order chi connectivity index (χ1) is 10.3. The number of hydrogen-bond acceptors (Lipinski definition) is 1. The van der Waals surface area contributed by atoms with Gasteiger partial charge in [0.1, 0.15) is 0 Å². The van der Waals surface area contributed by atoms with Crippen molar-refractivity contribution in [2.75, 3.05) is 0 Å². The van der Waals surface area contributed by atoms with E-state index in [2.05, 4.69) is 32.6 Å². The second-order valence-corrected chi connectivity index (χ2v) is 8.69. The number of hydrogen-bond donors (Lipinski definition) is 1. The normalized spacial score (nSPS) is 47.9. The summed E-state index contributed by atoms with van der Waals surface area (Å²) in [5.74, 6) is 0.322. The van der Waals surface area contributed by atoms with Crippen molar-refractivity contribution in [3.8, 4) is 0 Å². The van der Waals surface area contributed by atoms with Gasteiger partial charge >= 0.3 is 5.97 Å². The maximum absolute atomic E-state index is 12.0. The standard InChI is InChI=1S/C20H30O2/c1-5-18(2)12-9-15-14(13-18)7-8-16-19(15,3)10-6-11-20(16,4)17(21)22/h5,13,15-16H,1,6-12H2,2-4H3,(H,21,22)/t15?,16?,18-,19?,20?/m0/s1. The van der Waals surface area contributed by atoms with Crippen molar-refractivity contribution in [1.29, 1.82) is 0 Å². The highest BCUT2D eigenvalue weighted by Gasteiger charge is 2.58. The Bertz CT molecular complexity index is 534. The van der Waals surface area contributed by atoms with Crippen LogP contribution in [0, 0.1) is 28.1 Å². The van der Waals surface area contributed by atoms with Gasteiger partial charge in [0.05, 0.1) is 5.41 Å². The van der Waals surface area contributed by atoms with Gasteiger partial charge in [0.25, 0.3) is 0 Å². The zero-order valence-corrected chi connectivity index (χ0v) is 14.3. The number of carbonyl (C=O) groups is 1. The minimum atomic E-state index is -0.581. The zero-order chi connectivity index (χ0) is 16.2. The molecule has 0 bridgehead atoms. The summed E-state index contributed by atoms with van der Waals surface area (Å²) >= 11 is 0. The number of carboxylic acid groups (broad SMARTS) is 1. The smallest absolute Gasteiger partial charge is 0.309 e. The van der Waals surface area contributed by atoms with Crippen LogP contribution in [0.4, 0.5) is 0 Å². The monoisotopic (exact) mass is 302 g/mol. The number of aliphatic carboxylic acids is 1. The largest absolute Gasteiger partial charge is 0.481 e. The van der Waals surface area contributed by atoms with Gasteiger partial charge in [-0.2, -0.15) is 0 Å². The van der Waals surface area contributed by atoms with Crippen molar-refractivity contribution < 1.29 is 9.90 Å². The Balaban J connectivity index is 1.99. The first-order valence-electron chi connectivity index (χ1n) is 8.84. The van der Waals surface area contributed by atoms with E-state index in [1.54, 1.807) is 5.57 Å². The number of carboxylic acids is 1. The molecular formula is C20H30O2. The molecule has 122 valence electrons. The van der Waals surface area contributed by atoms with Crippen LogP contribution in [0.5, 0.6) is 0 Å². The minimum absolute atomic E-state index is 0.139. The van der Waals surface area contributed by atoms with Crippen LogP contribution in [0.15, 0.2) is 24.3 Å². The predicted molar refractivity (Wildman–Crippen MR) is 89.5 cm³/mol. The van der Waals surface area contributed by atoms with E-state index in [0.29, 0.717) is 11.8 Å². The van der Waals surface area contributed by atoms with Gasteiger partial charge in [-0.25, -0.2) is 0 Å². The van der Waals surface area contributed by atoms with E-state index in [9.17, 15) is 9.90 Å². The molecule has 0 aromatic rings. The third-order valence-electron chi connectivity index (χ3n) is 7.38. The molecule has 3 rings (SSSR count). The van der Waals surface area contributed by atoms with Crippen molar-refractivity contribution in [3.05, 3.63) is 24.3 Å². The van der Waals surface area contributed by atoms with Crippen LogP contribution in [-0.2, 0) is 4.79 Å². The molecule has 2 fully saturated rings. The SMILES string of the molecule is C=C[C@]1(C)C=C2CCC3C(C)(C(=O)O)CCCC3(C)C2CC1. The minimum Gasteiger partial charge on any atom is -0.481 e. The van der Waals surface area contributed by atoms with Crippen molar-refractivity contribution in [1.82, 2.24) is 0 Å². The molecule has 2 saturated carbocycles. The fourth-order valence-corrected chi connectivity index (χ4v) is 5.94. The fraction of sp³-hybridized carbons (Fsp3) is 0.750. The van der Waals surface area contributed by atoms with Crippen LogP contribution in [-0.4, -0.2) is 11.1 Å². The maximum atomic E-state index is 12.0. The summed E-state index contributed by atoms with van der Waals surface area (Å²) in [5, 5.41) is 9.84. The summed E-state index contributed by atoms with van der Waals surface area (Å²) in [4.78, 5) is 12.0. The molecule has 0 aromatic carbocycles. The third kappa shape index (κ3) is 2.10. The lowest BCUT2D eigenvalue weighted by Gasteiger charge is -2.59. The molecular weight excluding hydrogens is 272 g/mol. The summed E-state index contributed by atoms with van der Waals surface area (Å²) in [7, 11) is 0. The molecule has 3 aliphatic carbocycles. The molecule has 0 amide bonds. The highest BCUT2D eigenvalue weighted by Crippen LogP contribution is 2.63. The summed E-state index contributed by atoms with van der Waals surface area (Å²) in [5.41, 5.74) is 1.36. The predicted octanol–water partition coefficient (Wildman–Crippen LogP) is 5.21. The molecule has 0 spiro atoms. The lowest BCUT2D eigenvalue weighted by Crippen LogP contribution is -2.54. The van der Waals surface area contributed by atoms with Gasteiger partial charge < -0.3 is 5.11 Å². The van der Waals surface area contributed by atoms with E-state index in [0.717, 1.165) is 32.1 Å². The molecule has 2 heteroatoms. The van der Waals surface area contributed by atoms with Crippen molar-refractivity contribution in [2.45, 2.75) is 65.7 Å². The molecule has 0 radical (unpaired) electrons. The topological polar surface area (TPSA) is 37.3 Å². The highest BCUT2D eigenvalue weighted by molar-refractivity contribution is 5.75. The quantitative estimate of drug-likeness (QED) is 0.711. The van der Waals surface area contributed by atoms with Crippen LogP contribution >= 0.6 is 0 Å². The van der Waals surface area contributed by atoms with Crippen LogP contribution in [0.25, 0.3) is 0 Å². The Morgan fingerprint density at radius 3 is 2.64 bits per heavy atom. The number of allylic oxidation sites excluding steroid dienone is 3. The van der Waals surface area contributed by atoms with E-state index in [1.165, 1.54) is 12.8 Å². The van der Waals surface area contributed by atoms with Gasteiger partial charge in [-0.15, -0.1) is 6.58 Å². The van der Waals surface area contributed by atoms with Crippen molar-refractivity contribution in [3.63, 3.8) is 0 Å². The van der Waals surface area contributed by atoms with E-state index in [-0.39, 0.29) is 10.8 Å². The Labute approximate surface area is 134 Å². The maximum Gasteiger partial charge on any atom is 0.309 e. The molecule has 2 nitrogen and oxygen atoms in total. The van der Waals surface area contributed by atoms with Gasteiger partial charge in [-0.05, 0) is 62.7 Å². The highest BCUT2D eigenvalue weighted by atomic mass is 16.4. The van der Waals surface area contributed by atoms with Crippen LogP contribution in [0.1, 0.15) is 65.7 Å². The number of rotatable bonds is 2. The lowest BCUT2D eigenvalue weighted by atomic mass is 9.45. The molecule has 5 atom stereocenters. The van der Waals surface area contributed by atoms with Gasteiger partial charge in [-0.3, -0.25) is 4.79 Å². The molecule has 0 aliphatic heterocycles. The molecule has 0 saturated heterocycles. The lowest BCUT2D eigenvalue weighted by molar-refractivity contribution is -0.164. The van der Waals surface area contributed by atoms with Gasteiger partial charge in [-0.1, -0.05) is 38.0 Å². The zero-order valence-electron chi connectivity index (χ0n) is 14.3. The van der Waals surface area contributed by atoms with E-state index in [4.69, 9.17) is 0 Å². The fourth-order valence-electron chi connectivity index (χ4n) is 5.94. The van der Waals surface area contributed by atoms with Crippen LogP contribution < -0.4 is 0 Å². The molecule has 0 heterocycles. The Kier molecular flexibility index (Phi) is 3.58. The summed E-state index contributed by atoms with van der Waals surface area (Å²) in [6.45, 7) is 10.7. The average molecular weight is 302 g/mol. The summed E-state index contributed by atoms with van der Waals surface area (Å²) in [6, 6.07) is 0. The molecule has 4 unspecified atom stereocenters.